The van der Waals surface area contributed by atoms with Gasteiger partial charge in [-0.3, -0.25) is 14.5 Å². The molecule has 3 rings (SSSR count). The third-order valence-electron chi connectivity index (χ3n) is 4.75. The van der Waals surface area contributed by atoms with Crippen LogP contribution < -0.4 is 0 Å². The lowest BCUT2D eigenvalue weighted by Crippen LogP contribution is -2.31. The zero-order chi connectivity index (χ0) is 17.8. The van der Waals surface area contributed by atoms with Crippen LogP contribution in [-0.2, 0) is 6.54 Å². The molecule has 0 spiro atoms. The summed E-state index contributed by atoms with van der Waals surface area (Å²) >= 11 is 0. The molecule has 0 saturated carbocycles. The summed E-state index contributed by atoms with van der Waals surface area (Å²) in [5, 5.41) is 0. The molecule has 2 aromatic carbocycles. The Morgan fingerprint density at radius 3 is 2.12 bits per heavy atom. The van der Waals surface area contributed by atoms with Gasteiger partial charge in [-0.2, -0.15) is 0 Å². The minimum absolute atomic E-state index is 0.158. The summed E-state index contributed by atoms with van der Waals surface area (Å²) in [7, 11) is 2.11. The topological polar surface area (TPSA) is 40.6 Å². The molecule has 1 aliphatic rings. The quantitative estimate of drug-likeness (QED) is 0.574. The smallest absolute Gasteiger partial charge is 0.261 e. The molecule has 0 aliphatic carbocycles. The maximum atomic E-state index is 12.3. The lowest BCUT2D eigenvalue weighted by Gasteiger charge is -2.19. The normalized spacial score (nSPS) is 13.6. The highest BCUT2D eigenvalue weighted by atomic mass is 16.2. The number of hydrogen-bond donors (Lipinski definition) is 0. The Labute approximate surface area is 149 Å². The van der Waals surface area contributed by atoms with E-state index in [0.29, 0.717) is 17.7 Å². The van der Waals surface area contributed by atoms with Gasteiger partial charge in [0, 0.05) is 13.1 Å². The molecule has 0 N–H and O–H groups in total. The van der Waals surface area contributed by atoms with Gasteiger partial charge in [0.05, 0.1) is 11.1 Å². The third-order valence-corrected chi connectivity index (χ3v) is 4.75. The van der Waals surface area contributed by atoms with Crippen molar-refractivity contribution in [3.63, 3.8) is 0 Å². The first-order chi connectivity index (χ1) is 12.1. The van der Waals surface area contributed by atoms with E-state index >= 15 is 0 Å². The molecule has 0 radical (unpaired) electrons. The van der Waals surface area contributed by atoms with E-state index in [1.807, 2.05) is 0 Å². The van der Waals surface area contributed by atoms with Gasteiger partial charge in [0.1, 0.15) is 0 Å². The maximum absolute atomic E-state index is 12.3. The van der Waals surface area contributed by atoms with Gasteiger partial charge in [0.25, 0.3) is 11.8 Å². The van der Waals surface area contributed by atoms with Gasteiger partial charge in [-0.25, -0.2) is 0 Å². The predicted molar refractivity (Wildman–Crippen MR) is 98.6 cm³/mol. The van der Waals surface area contributed by atoms with Gasteiger partial charge >= 0.3 is 0 Å². The van der Waals surface area contributed by atoms with Crippen LogP contribution in [0.25, 0.3) is 0 Å². The second kappa shape index (κ2) is 7.62. The van der Waals surface area contributed by atoms with Gasteiger partial charge in [-0.05, 0) is 56.6 Å². The van der Waals surface area contributed by atoms with Crippen molar-refractivity contribution in [3.05, 3.63) is 70.8 Å². The molecule has 1 aliphatic heterocycles. The van der Waals surface area contributed by atoms with Crippen LogP contribution in [-0.4, -0.2) is 41.8 Å². The summed E-state index contributed by atoms with van der Waals surface area (Å²) in [6.45, 7) is 4.48. The number of fused-ring (bicyclic) bond motifs is 1. The Bertz CT molecular complexity index is 750. The molecule has 0 atom stereocenters. The van der Waals surface area contributed by atoms with E-state index in [1.165, 1.54) is 16.0 Å². The number of hydrogen-bond acceptors (Lipinski definition) is 3. The predicted octanol–water partition coefficient (Wildman–Crippen LogP) is 3.50. The first kappa shape index (κ1) is 17.4. The minimum atomic E-state index is -0.158. The van der Waals surface area contributed by atoms with E-state index in [4.69, 9.17) is 0 Å². The van der Waals surface area contributed by atoms with Gasteiger partial charge in [-0.15, -0.1) is 0 Å². The van der Waals surface area contributed by atoms with Crippen molar-refractivity contribution in [2.75, 3.05) is 20.1 Å². The molecule has 4 heteroatoms. The summed E-state index contributed by atoms with van der Waals surface area (Å²) in [5.74, 6) is -0.317. The number of amides is 2. The molecule has 2 amide bonds. The molecule has 0 bridgehead atoms. The molecular weight excluding hydrogens is 312 g/mol. The second-order valence-electron chi connectivity index (χ2n) is 6.68. The molecule has 1 heterocycles. The summed E-state index contributed by atoms with van der Waals surface area (Å²) in [4.78, 5) is 28.3. The van der Waals surface area contributed by atoms with Crippen LogP contribution in [0.2, 0.25) is 0 Å². The van der Waals surface area contributed by atoms with Crippen molar-refractivity contribution in [2.24, 2.45) is 0 Å². The van der Waals surface area contributed by atoms with Gasteiger partial charge in [0.15, 0.2) is 0 Å². The number of imide groups is 1. The van der Waals surface area contributed by atoms with Gasteiger partial charge in [0.2, 0.25) is 0 Å². The summed E-state index contributed by atoms with van der Waals surface area (Å²) in [6, 6.07) is 15.5. The number of unbranched alkanes of at least 4 members (excludes halogenated alkanes) is 1. The zero-order valence-corrected chi connectivity index (χ0v) is 14.9. The Morgan fingerprint density at radius 1 is 0.880 bits per heavy atom. The molecule has 4 nitrogen and oxygen atoms in total. The van der Waals surface area contributed by atoms with Crippen LogP contribution in [0, 0.1) is 6.92 Å². The van der Waals surface area contributed by atoms with E-state index in [-0.39, 0.29) is 11.8 Å². The maximum Gasteiger partial charge on any atom is 0.261 e. The number of benzene rings is 2. The average molecular weight is 336 g/mol. The highest BCUT2D eigenvalue weighted by molar-refractivity contribution is 6.21. The first-order valence-corrected chi connectivity index (χ1v) is 8.76. The van der Waals surface area contributed by atoms with Crippen LogP contribution in [0.3, 0.4) is 0 Å². The zero-order valence-electron chi connectivity index (χ0n) is 14.9. The van der Waals surface area contributed by atoms with Gasteiger partial charge < -0.3 is 4.90 Å². The Balaban J connectivity index is 1.46. The fourth-order valence-corrected chi connectivity index (χ4v) is 3.25. The Hall–Kier alpha value is -2.46. The lowest BCUT2D eigenvalue weighted by atomic mass is 10.1. The van der Waals surface area contributed by atoms with E-state index < -0.39 is 0 Å². The van der Waals surface area contributed by atoms with Crippen LogP contribution in [0.5, 0.6) is 0 Å². The van der Waals surface area contributed by atoms with Crippen molar-refractivity contribution in [1.29, 1.82) is 0 Å². The second-order valence-corrected chi connectivity index (χ2v) is 6.68. The number of carbonyl (C=O) groups excluding carboxylic acids is 2. The third kappa shape index (κ3) is 3.80. The molecule has 0 unspecified atom stereocenters. The molecular formula is C21H24N2O2. The highest BCUT2D eigenvalue weighted by Crippen LogP contribution is 2.22. The van der Waals surface area contributed by atoms with Crippen LogP contribution >= 0.6 is 0 Å². The number of nitrogens with zero attached hydrogens (tertiary/aromatic N) is 2. The molecule has 25 heavy (non-hydrogen) atoms. The van der Waals surface area contributed by atoms with Crippen LogP contribution in [0.15, 0.2) is 48.5 Å². The summed E-state index contributed by atoms with van der Waals surface area (Å²) in [5.41, 5.74) is 3.71. The lowest BCUT2D eigenvalue weighted by molar-refractivity contribution is 0.0650. The van der Waals surface area contributed by atoms with Gasteiger partial charge in [-0.1, -0.05) is 36.4 Å². The van der Waals surface area contributed by atoms with Crippen LogP contribution in [0.4, 0.5) is 0 Å². The largest absolute Gasteiger partial charge is 0.302 e. The van der Waals surface area contributed by atoms with Crippen molar-refractivity contribution in [3.8, 4) is 0 Å². The van der Waals surface area contributed by atoms with E-state index in [2.05, 4.69) is 43.1 Å². The fraction of sp³-hybridized carbons (Fsp3) is 0.333. The first-order valence-electron chi connectivity index (χ1n) is 8.76. The standard InChI is InChI=1S/C21H24N2O2/c1-16-9-3-4-10-17(16)15-22(2)13-7-8-14-23-20(24)18-11-5-6-12-19(18)21(23)25/h3-6,9-12H,7-8,13-15H2,1-2H3. The van der Waals surface area contributed by atoms with E-state index in [1.54, 1.807) is 24.3 Å². The Morgan fingerprint density at radius 2 is 1.48 bits per heavy atom. The highest BCUT2D eigenvalue weighted by Gasteiger charge is 2.34. The monoisotopic (exact) mass is 336 g/mol. The molecule has 130 valence electrons. The molecule has 0 fully saturated rings. The number of aryl methyl sites for hydroxylation is 1. The molecule has 0 saturated heterocycles. The van der Waals surface area contributed by atoms with Crippen molar-refractivity contribution in [2.45, 2.75) is 26.3 Å². The van der Waals surface area contributed by atoms with Crippen LogP contribution in [0.1, 0.15) is 44.7 Å². The van der Waals surface area contributed by atoms with E-state index in [0.717, 1.165) is 25.9 Å². The fourth-order valence-electron chi connectivity index (χ4n) is 3.25. The van der Waals surface area contributed by atoms with E-state index in [9.17, 15) is 9.59 Å². The minimum Gasteiger partial charge on any atom is -0.302 e. The van der Waals surface area contributed by atoms with Crippen molar-refractivity contribution < 1.29 is 9.59 Å². The number of rotatable bonds is 7. The van der Waals surface area contributed by atoms with Crippen molar-refractivity contribution in [1.82, 2.24) is 9.80 Å². The Kier molecular flexibility index (Phi) is 5.29. The molecule has 0 aromatic heterocycles. The SMILES string of the molecule is Cc1ccccc1CN(C)CCCCN1C(=O)c2ccccc2C1=O. The van der Waals surface area contributed by atoms with Crippen molar-refractivity contribution >= 4 is 11.8 Å². The average Bonchev–Trinajstić information content (AvgIpc) is 2.86. The summed E-state index contributed by atoms with van der Waals surface area (Å²) < 4.78 is 0. The molecule has 2 aromatic rings. The summed E-state index contributed by atoms with van der Waals surface area (Å²) in [6.07, 6.45) is 1.78. The number of carbonyl (C=O) groups is 2.